The summed E-state index contributed by atoms with van der Waals surface area (Å²) in [5, 5.41) is 6.39. The van der Waals surface area contributed by atoms with Crippen molar-refractivity contribution in [3.8, 4) is 44.5 Å². The van der Waals surface area contributed by atoms with Gasteiger partial charge in [0, 0.05) is 24.5 Å². The highest BCUT2D eigenvalue weighted by atomic mass is 14.9. The molecular formula is C50H40N2. The lowest BCUT2D eigenvalue weighted by atomic mass is 9.89. The maximum atomic E-state index is 4.58. The molecule has 1 atom stereocenters. The van der Waals surface area contributed by atoms with Gasteiger partial charge in [-0.3, -0.25) is 4.98 Å². The Balaban J connectivity index is 1.17. The molecule has 1 unspecified atom stereocenters. The van der Waals surface area contributed by atoms with Gasteiger partial charge < -0.3 is 5.32 Å². The van der Waals surface area contributed by atoms with Crippen LogP contribution in [0.1, 0.15) is 29.7 Å². The van der Waals surface area contributed by atoms with Gasteiger partial charge in [-0.05, 0) is 85.0 Å². The SMILES string of the molecule is C/C(=C\C(NCc1ccc(-c2ccccc2)cc1)c1ccc(-c2cnccc2-c2ccccc2)c2ccccc12)c1ccc(-c2ccccc2)cc1. The number of nitrogens with zero attached hydrogens (tertiary/aromatic N) is 1. The van der Waals surface area contributed by atoms with Gasteiger partial charge >= 0.3 is 0 Å². The molecule has 0 bridgehead atoms. The Labute approximate surface area is 306 Å². The standard InChI is InChI=1S/C50H40N2/c1-36(38-25-27-42(28-26-38)40-15-7-3-8-16-40)33-50(52-34-37-21-23-41(24-22-37)39-13-5-2-6-14-39)48-30-29-47(45-19-11-12-20-46(45)48)49-35-51-32-31-44(49)43-17-9-4-10-18-43/h2-33,35,50,52H,34H2,1H3/b36-33+. The molecule has 0 aliphatic heterocycles. The van der Waals surface area contributed by atoms with Crippen LogP contribution in [0.25, 0.3) is 60.9 Å². The Morgan fingerprint density at radius 2 is 1.04 bits per heavy atom. The van der Waals surface area contributed by atoms with E-state index in [0.29, 0.717) is 0 Å². The van der Waals surface area contributed by atoms with Crippen LogP contribution in [0.4, 0.5) is 0 Å². The zero-order valence-electron chi connectivity index (χ0n) is 29.3. The minimum absolute atomic E-state index is 0.0379. The van der Waals surface area contributed by atoms with Crippen molar-refractivity contribution >= 4 is 16.3 Å². The number of rotatable bonds is 10. The van der Waals surface area contributed by atoms with Crippen LogP contribution in [-0.2, 0) is 6.54 Å². The van der Waals surface area contributed by atoms with Crippen molar-refractivity contribution in [1.82, 2.24) is 10.3 Å². The predicted molar refractivity (Wildman–Crippen MR) is 220 cm³/mol. The maximum Gasteiger partial charge on any atom is 0.0520 e. The van der Waals surface area contributed by atoms with Gasteiger partial charge in [0.25, 0.3) is 0 Å². The van der Waals surface area contributed by atoms with E-state index >= 15 is 0 Å². The van der Waals surface area contributed by atoms with E-state index in [2.05, 4.69) is 205 Å². The summed E-state index contributed by atoms with van der Waals surface area (Å²) in [6, 6.07) is 65.0. The number of hydrogen-bond acceptors (Lipinski definition) is 2. The molecule has 0 saturated carbocycles. The van der Waals surface area contributed by atoms with Gasteiger partial charge in [-0.25, -0.2) is 0 Å². The van der Waals surface area contributed by atoms with Crippen molar-refractivity contribution < 1.29 is 0 Å². The molecule has 0 aliphatic carbocycles. The first-order chi connectivity index (χ1) is 25.7. The van der Waals surface area contributed by atoms with E-state index in [4.69, 9.17) is 0 Å². The Kier molecular flexibility index (Phi) is 9.64. The first-order valence-electron chi connectivity index (χ1n) is 17.9. The van der Waals surface area contributed by atoms with Gasteiger partial charge in [0.1, 0.15) is 0 Å². The minimum atomic E-state index is -0.0379. The van der Waals surface area contributed by atoms with E-state index in [1.807, 2.05) is 12.4 Å². The highest BCUT2D eigenvalue weighted by Crippen LogP contribution is 2.39. The van der Waals surface area contributed by atoms with Crippen molar-refractivity contribution in [2.75, 3.05) is 0 Å². The summed E-state index contributed by atoms with van der Waals surface area (Å²) in [5.41, 5.74) is 14.5. The lowest BCUT2D eigenvalue weighted by Crippen LogP contribution is -2.20. The van der Waals surface area contributed by atoms with Gasteiger partial charge in [-0.2, -0.15) is 0 Å². The monoisotopic (exact) mass is 668 g/mol. The highest BCUT2D eigenvalue weighted by Gasteiger charge is 2.17. The number of fused-ring (bicyclic) bond motifs is 1. The maximum absolute atomic E-state index is 4.58. The van der Waals surface area contributed by atoms with E-state index in [9.17, 15) is 0 Å². The highest BCUT2D eigenvalue weighted by molar-refractivity contribution is 6.02. The first kappa shape index (κ1) is 32.8. The molecule has 52 heavy (non-hydrogen) atoms. The summed E-state index contributed by atoms with van der Waals surface area (Å²) in [7, 11) is 0. The summed E-state index contributed by atoms with van der Waals surface area (Å²) in [6.45, 7) is 2.95. The Morgan fingerprint density at radius 1 is 0.500 bits per heavy atom. The summed E-state index contributed by atoms with van der Waals surface area (Å²) in [4.78, 5) is 4.58. The van der Waals surface area contributed by atoms with Crippen molar-refractivity contribution in [1.29, 1.82) is 0 Å². The summed E-state index contributed by atoms with van der Waals surface area (Å²) < 4.78 is 0. The molecule has 2 nitrogen and oxygen atoms in total. The second kappa shape index (κ2) is 15.3. The predicted octanol–water partition coefficient (Wildman–Crippen LogP) is 12.8. The van der Waals surface area contributed by atoms with Gasteiger partial charge in [0.2, 0.25) is 0 Å². The summed E-state index contributed by atoms with van der Waals surface area (Å²) in [6.07, 6.45) is 6.27. The van der Waals surface area contributed by atoms with E-state index in [1.54, 1.807) is 0 Å². The van der Waals surface area contributed by atoms with Crippen LogP contribution in [-0.4, -0.2) is 4.98 Å². The molecule has 0 aliphatic rings. The van der Waals surface area contributed by atoms with Crippen molar-refractivity contribution in [2.45, 2.75) is 19.5 Å². The third kappa shape index (κ3) is 7.11. The molecule has 1 aromatic heterocycles. The van der Waals surface area contributed by atoms with Crippen LogP contribution in [0.2, 0.25) is 0 Å². The molecular weight excluding hydrogens is 629 g/mol. The molecule has 2 heteroatoms. The third-order valence-electron chi connectivity index (χ3n) is 9.94. The zero-order chi connectivity index (χ0) is 35.1. The second-order valence-corrected chi connectivity index (χ2v) is 13.2. The van der Waals surface area contributed by atoms with E-state index in [0.717, 1.165) is 12.1 Å². The quantitative estimate of drug-likeness (QED) is 0.157. The number of hydrogen-bond donors (Lipinski definition) is 1. The van der Waals surface area contributed by atoms with Crippen LogP contribution in [0, 0.1) is 0 Å². The van der Waals surface area contributed by atoms with Gasteiger partial charge in [0.15, 0.2) is 0 Å². The van der Waals surface area contributed by atoms with Crippen molar-refractivity contribution in [3.05, 3.63) is 217 Å². The third-order valence-corrected chi connectivity index (χ3v) is 9.94. The molecule has 250 valence electrons. The van der Waals surface area contributed by atoms with E-state index in [-0.39, 0.29) is 6.04 Å². The lowest BCUT2D eigenvalue weighted by Gasteiger charge is -2.21. The summed E-state index contributed by atoms with van der Waals surface area (Å²) >= 11 is 0. The topological polar surface area (TPSA) is 24.9 Å². The number of benzene rings is 7. The normalized spacial score (nSPS) is 12.1. The first-order valence-corrected chi connectivity index (χ1v) is 17.9. The fraction of sp³-hybridized carbons (Fsp3) is 0.0600. The zero-order valence-corrected chi connectivity index (χ0v) is 29.3. The molecule has 0 radical (unpaired) electrons. The molecule has 0 saturated heterocycles. The van der Waals surface area contributed by atoms with Crippen molar-refractivity contribution in [3.63, 3.8) is 0 Å². The largest absolute Gasteiger partial charge is 0.303 e. The van der Waals surface area contributed by atoms with E-state index < -0.39 is 0 Å². The molecule has 7 aromatic carbocycles. The van der Waals surface area contributed by atoms with Crippen LogP contribution in [0.15, 0.2) is 200 Å². The van der Waals surface area contributed by atoms with Crippen LogP contribution >= 0.6 is 0 Å². The van der Waals surface area contributed by atoms with Crippen molar-refractivity contribution in [2.24, 2.45) is 0 Å². The second-order valence-electron chi connectivity index (χ2n) is 13.2. The Morgan fingerprint density at radius 3 is 1.67 bits per heavy atom. The van der Waals surface area contributed by atoms with Gasteiger partial charge in [-0.15, -0.1) is 0 Å². The van der Waals surface area contributed by atoms with Gasteiger partial charge in [0.05, 0.1) is 6.04 Å². The average Bonchev–Trinajstić information content (AvgIpc) is 3.23. The smallest absolute Gasteiger partial charge is 0.0520 e. The van der Waals surface area contributed by atoms with Crippen LogP contribution in [0.5, 0.6) is 0 Å². The number of nitrogens with one attached hydrogen (secondary N) is 1. The summed E-state index contributed by atoms with van der Waals surface area (Å²) in [5.74, 6) is 0. The Hall–Kier alpha value is -6.35. The number of pyridine rings is 1. The minimum Gasteiger partial charge on any atom is -0.303 e. The fourth-order valence-corrected chi connectivity index (χ4v) is 7.14. The van der Waals surface area contributed by atoms with E-state index in [1.165, 1.54) is 72.0 Å². The molecule has 0 spiro atoms. The Bertz CT molecular complexity index is 2430. The molecule has 0 amide bonds. The number of aromatic nitrogens is 1. The molecule has 1 N–H and O–H groups in total. The number of allylic oxidation sites excluding steroid dienone is 1. The molecule has 1 heterocycles. The molecule has 0 fully saturated rings. The molecule has 8 aromatic rings. The molecule has 8 rings (SSSR count). The fourth-order valence-electron chi connectivity index (χ4n) is 7.14. The van der Waals surface area contributed by atoms with Crippen LogP contribution in [0.3, 0.4) is 0 Å². The average molecular weight is 669 g/mol. The van der Waals surface area contributed by atoms with Crippen LogP contribution < -0.4 is 5.32 Å². The van der Waals surface area contributed by atoms with Gasteiger partial charge in [-0.1, -0.05) is 182 Å². The lowest BCUT2D eigenvalue weighted by molar-refractivity contribution is 0.625.